The van der Waals surface area contributed by atoms with Gasteiger partial charge in [-0.25, -0.2) is 14.4 Å². The molecule has 0 bridgehead atoms. The highest BCUT2D eigenvalue weighted by Gasteiger charge is 2.30. The third kappa shape index (κ3) is 3.47. The molecule has 20 heavy (non-hydrogen) atoms. The maximum absolute atomic E-state index is 14.1. The van der Waals surface area contributed by atoms with E-state index in [9.17, 15) is 4.39 Å². The number of hydrogen-bond acceptors (Lipinski definition) is 3. The summed E-state index contributed by atoms with van der Waals surface area (Å²) in [6, 6.07) is 0.336. The van der Waals surface area contributed by atoms with Gasteiger partial charge in [-0.1, -0.05) is 27.7 Å². The Balaban J connectivity index is 1.96. The Morgan fingerprint density at radius 1 is 1.20 bits per heavy atom. The zero-order valence-electron chi connectivity index (χ0n) is 13.0. The van der Waals surface area contributed by atoms with Crippen LogP contribution in [0.5, 0.6) is 0 Å². The summed E-state index contributed by atoms with van der Waals surface area (Å²) in [7, 11) is 0. The van der Waals surface area contributed by atoms with Crippen LogP contribution < -0.4 is 5.32 Å². The molecule has 112 valence electrons. The van der Waals surface area contributed by atoms with Crippen LogP contribution in [0.15, 0.2) is 6.33 Å². The highest BCUT2D eigenvalue weighted by molar-refractivity contribution is 5.38. The van der Waals surface area contributed by atoms with E-state index in [-0.39, 0.29) is 5.82 Å². The molecule has 0 spiro atoms. The average molecular weight is 279 g/mol. The predicted molar refractivity (Wildman–Crippen MR) is 80.2 cm³/mol. The molecule has 1 aliphatic carbocycles. The molecule has 0 aliphatic heterocycles. The van der Waals surface area contributed by atoms with Crippen molar-refractivity contribution < 1.29 is 4.39 Å². The van der Waals surface area contributed by atoms with E-state index in [4.69, 9.17) is 0 Å². The molecule has 1 aromatic heterocycles. The molecule has 3 nitrogen and oxygen atoms in total. The van der Waals surface area contributed by atoms with Gasteiger partial charge in [-0.3, -0.25) is 0 Å². The number of rotatable bonds is 3. The van der Waals surface area contributed by atoms with E-state index >= 15 is 0 Å². The molecule has 2 rings (SSSR count). The van der Waals surface area contributed by atoms with Gasteiger partial charge in [-0.05, 0) is 43.4 Å². The van der Waals surface area contributed by atoms with Gasteiger partial charge in [0.25, 0.3) is 0 Å². The fourth-order valence-corrected chi connectivity index (χ4v) is 3.05. The molecule has 4 heteroatoms. The Hall–Kier alpha value is -1.19. The first-order valence-electron chi connectivity index (χ1n) is 7.67. The molecule has 0 amide bonds. The number of hydrogen-bond donors (Lipinski definition) is 1. The topological polar surface area (TPSA) is 37.8 Å². The lowest BCUT2D eigenvalue weighted by Gasteiger charge is -2.37. The quantitative estimate of drug-likeness (QED) is 0.901. The van der Waals surface area contributed by atoms with Crippen LogP contribution in [0.2, 0.25) is 0 Å². The molecule has 1 aliphatic rings. The zero-order valence-corrected chi connectivity index (χ0v) is 13.0. The Labute approximate surface area is 121 Å². The van der Waals surface area contributed by atoms with Crippen molar-refractivity contribution in [1.29, 1.82) is 0 Å². The van der Waals surface area contributed by atoms with Crippen molar-refractivity contribution in [2.45, 2.75) is 65.8 Å². The van der Waals surface area contributed by atoms with E-state index in [0.717, 1.165) is 18.8 Å². The van der Waals surface area contributed by atoms with Gasteiger partial charge < -0.3 is 5.32 Å². The smallest absolute Gasteiger partial charge is 0.186 e. The van der Waals surface area contributed by atoms with Gasteiger partial charge in [-0.15, -0.1) is 0 Å². The standard InChI is InChI=1S/C16H26FN3/c1-5-13-14(17)15(19-10-18-13)20-12-8-6-11(7-9-12)16(2,3)4/h10-12H,5-9H2,1-4H3,(H,18,19,20)/t11-,12+. The second kappa shape index (κ2) is 6.06. The molecule has 0 saturated heterocycles. The lowest BCUT2D eigenvalue weighted by Crippen LogP contribution is -2.32. The molecular weight excluding hydrogens is 253 g/mol. The second-order valence-electron chi connectivity index (χ2n) is 6.90. The molecule has 0 unspecified atom stereocenters. The molecule has 1 N–H and O–H groups in total. The molecule has 1 heterocycles. The summed E-state index contributed by atoms with van der Waals surface area (Å²) in [5.74, 6) is 0.853. The summed E-state index contributed by atoms with van der Waals surface area (Å²) in [6.07, 6.45) is 6.63. The number of nitrogens with one attached hydrogen (secondary N) is 1. The Bertz CT molecular complexity index is 446. The van der Waals surface area contributed by atoms with Crippen molar-refractivity contribution in [2.75, 3.05) is 5.32 Å². The molecule has 1 saturated carbocycles. The Morgan fingerprint density at radius 2 is 1.85 bits per heavy atom. The van der Waals surface area contributed by atoms with E-state index in [2.05, 4.69) is 36.1 Å². The molecular formula is C16H26FN3. The minimum Gasteiger partial charge on any atom is -0.365 e. The summed E-state index contributed by atoms with van der Waals surface area (Å²) in [4.78, 5) is 8.02. The van der Waals surface area contributed by atoms with E-state index in [0.29, 0.717) is 29.4 Å². The fraction of sp³-hybridized carbons (Fsp3) is 0.750. The van der Waals surface area contributed by atoms with Crippen molar-refractivity contribution in [2.24, 2.45) is 11.3 Å². The van der Waals surface area contributed by atoms with E-state index in [1.54, 1.807) is 0 Å². The van der Waals surface area contributed by atoms with Gasteiger partial charge in [0.05, 0.1) is 5.69 Å². The van der Waals surface area contributed by atoms with Crippen molar-refractivity contribution in [3.63, 3.8) is 0 Å². The van der Waals surface area contributed by atoms with Crippen LogP contribution >= 0.6 is 0 Å². The van der Waals surface area contributed by atoms with Crippen LogP contribution in [-0.2, 0) is 6.42 Å². The summed E-state index contributed by atoms with van der Waals surface area (Å²) in [6.45, 7) is 8.83. The van der Waals surface area contributed by atoms with Gasteiger partial charge in [0.2, 0.25) is 0 Å². The first kappa shape index (κ1) is 15.2. The minimum atomic E-state index is -0.284. The Kier molecular flexibility index (Phi) is 4.61. The van der Waals surface area contributed by atoms with Gasteiger partial charge >= 0.3 is 0 Å². The predicted octanol–water partition coefficient (Wildman–Crippen LogP) is 4.19. The highest BCUT2D eigenvalue weighted by Crippen LogP contribution is 2.38. The average Bonchev–Trinajstić information content (AvgIpc) is 2.41. The molecule has 1 aromatic rings. The molecule has 1 fully saturated rings. The van der Waals surface area contributed by atoms with Crippen molar-refractivity contribution in [1.82, 2.24) is 9.97 Å². The first-order valence-corrected chi connectivity index (χ1v) is 7.67. The zero-order chi connectivity index (χ0) is 14.8. The van der Waals surface area contributed by atoms with Crippen LogP contribution in [0.4, 0.5) is 10.2 Å². The summed E-state index contributed by atoms with van der Waals surface area (Å²) in [5.41, 5.74) is 0.867. The summed E-state index contributed by atoms with van der Waals surface area (Å²) >= 11 is 0. The largest absolute Gasteiger partial charge is 0.365 e. The number of anilines is 1. The molecule has 0 aromatic carbocycles. The summed E-state index contributed by atoms with van der Waals surface area (Å²) in [5, 5.41) is 3.27. The normalized spacial score (nSPS) is 23.6. The number of nitrogens with zero attached hydrogens (tertiary/aromatic N) is 2. The van der Waals surface area contributed by atoms with Gasteiger partial charge in [0.1, 0.15) is 6.33 Å². The monoisotopic (exact) mass is 279 g/mol. The maximum atomic E-state index is 14.1. The van der Waals surface area contributed by atoms with Crippen molar-refractivity contribution in [3.8, 4) is 0 Å². The van der Waals surface area contributed by atoms with Crippen LogP contribution in [-0.4, -0.2) is 16.0 Å². The van der Waals surface area contributed by atoms with E-state index in [1.807, 2.05) is 6.92 Å². The third-order valence-corrected chi connectivity index (χ3v) is 4.49. The maximum Gasteiger partial charge on any atom is 0.186 e. The van der Waals surface area contributed by atoms with Gasteiger partial charge in [-0.2, -0.15) is 0 Å². The molecule has 0 radical (unpaired) electrons. The van der Waals surface area contributed by atoms with Gasteiger partial charge in [0.15, 0.2) is 11.6 Å². The van der Waals surface area contributed by atoms with E-state index < -0.39 is 0 Å². The van der Waals surface area contributed by atoms with Crippen LogP contribution in [0.3, 0.4) is 0 Å². The first-order chi connectivity index (χ1) is 9.41. The molecule has 0 atom stereocenters. The third-order valence-electron chi connectivity index (χ3n) is 4.49. The number of aromatic nitrogens is 2. The second-order valence-corrected chi connectivity index (χ2v) is 6.90. The van der Waals surface area contributed by atoms with Gasteiger partial charge in [0, 0.05) is 6.04 Å². The lowest BCUT2D eigenvalue weighted by molar-refractivity contribution is 0.173. The number of aryl methyl sites for hydroxylation is 1. The SMILES string of the molecule is CCc1ncnc(N[C@H]2CC[C@@H](C(C)(C)C)CC2)c1F. The number of halogens is 1. The fourth-order valence-electron chi connectivity index (χ4n) is 3.05. The van der Waals surface area contributed by atoms with Crippen LogP contribution in [0.25, 0.3) is 0 Å². The van der Waals surface area contributed by atoms with Crippen molar-refractivity contribution >= 4 is 5.82 Å². The highest BCUT2D eigenvalue weighted by atomic mass is 19.1. The Morgan fingerprint density at radius 3 is 2.40 bits per heavy atom. The lowest BCUT2D eigenvalue weighted by atomic mass is 9.71. The van der Waals surface area contributed by atoms with Crippen LogP contribution in [0, 0.1) is 17.2 Å². The van der Waals surface area contributed by atoms with E-state index in [1.165, 1.54) is 19.2 Å². The summed E-state index contributed by atoms with van der Waals surface area (Å²) < 4.78 is 14.1. The van der Waals surface area contributed by atoms with Crippen LogP contribution in [0.1, 0.15) is 59.1 Å². The van der Waals surface area contributed by atoms with Crippen molar-refractivity contribution in [3.05, 3.63) is 17.8 Å². The minimum absolute atomic E-state index is 0.284.